The van der Waals surface area contributed by atoms with Crippen LogP contribution in [0.25, 0.3) is 5.57 Å². The van der Waals surface area contributed by atoms with Crippen LogP contribution in [0.3, 0.4) is 0 Å². The maximum Gasteiger partial charge on any atom is 0.490 e. The van der Waals surface area contributed by atoms with E-state index in [-0.39, 0.29) is 62.8 Å². The van der Waals surface area contributed by atoms with Crippen molar-refractivity contribution in [2.24, 2.45) is 0 Å². The van der Waals surface area contributed by atoms with E-state index in [1.165, 1.54) is 29.7 Å². The highest BCUT2D eigenvalue weighted by Gasteiger charge is 2.52. The summed E-state index contributed by atoms with van der Waals surface area (Å²) in [5.41, 5.74) is 23.3. The average Bonchev–Trinajstić information content (AvgIpc) is 3.43. The van der Waals surface area contributed by atoms with E-state index in [4.69, 9.17) is 56.9 Å². The van der Waals surface area contributed by atoms with Gasteiger partial charge in [-0.25, -0.2) is 4.39 Å². The van der Waals surface area contributed by atoms with Crippen molar-refractivity contribution in [3.63, 3.8) is 0 Å². The minimum absolute atomic E-state index is 0.0179. The molecule has 0 bridgehead atoms. The molecule has 3 aromatic rings. The lowest BCUT2D eigenvalue weighted by atomic mass is 9.75. The van der Waals surface area contributed by atoms with Gasteiger partial charge in [-0.05, 0) is 127 Å². The first-order valence-electron chi connectivity index (χ1n) is 18.8. The number of nitrogens with two attached hydrogens (primary N) is 4. The molecule has 7 rings (SSSR count). The zero-order chi connectivity index (χ0) is 43.7. The van der Waals surface area contributed by atoms with Crippen LogP contribution in [0.4, 0.5) is 47.3 Å². The summed E-state index contributed by atoms with van der Waals surface area (Å²) in [7, 11) is -0.182. The number of halogens is 4. The number of ether oxygens (including phenoxy) is 3. The van der Waals surface area contributed by atoms with Crippen LogP contribution in [-0.2, 0) is 23.5 Å². The second-order valence-corrected chi connectivity index (χ2v) is 15.7. The van der Waals surface area contributed by atoms with Gasteiger partial charge in [0, 0.05) is 18.8 Å². The maximum absolute atomic E-state index is 14.0. The van der Waals surface area contributed by atoms with E-state index >= 15 is 0 Å². The quantitative estimate of drug-likeness (QED) is 0.0633. The molecule has 0 aliphatic carbocycles. The van der Waals surface area contributed by atoms with Gasteiger partial charge in [0.1, 0.15) is 11.4 Å². The molecule has 11 N–H and O–H groups in total. The van der Waals surface area contributed by atoms with Crippen molar-refractivity contribution in [2.75, 3.05) is 62.6 Å². The molecule has 4 heterocycles. The first kappa shape index (κ1) is 47.4. The minimum Gasteiger partial charge on any atom is -0.400 e. The third kappa shape index (κ3) is 12.0. The summed E-state index contributed by atoms with van der Waals surface area (Å²) in [6, 6.07) is 8.98. The molecule has 2 fully saturated rings. The number of nitro benzene ring substituents is 1. The Balaban J connectivity index is 0.000000175. The van der Waals surface area contributed by atoms with Crippen LogP contribution in [-0.4, -0.2) is 73.3 Å². The van der Waals surface area contributed by atoms with Crippen molar-refractivity contribution in [1.82, 2.24) is 0 Å². The monoisotopic (exact) mass is 895 g/mol. The molecule has 322 valence electrons. The van der Waals surface area contributed by atoms with Crippen molar-refractivity contribution >= 4 is 62.7 Å². The largest absolute Gasteiger partial charge is 0.490 e. The second kappa shape index (κ2) is 20.8. The summed E-state index contributed by atoms with van der Waals surface area (Å²) in [6.07, 6.45) is 6.95. The van der Waals surface area contributed by atoms with Gasteiger partial charge in [-0.1, -0.05) is 18.2 Å². The molecule has 3 aromatic carbocycles. The topological polar surface area (TPSA) is 238 Å². The number of nitrogens with zero attached hydrogens (tertiary/aromatic N) is 1. The molecular formula is C39H52BBrF3N6O9+. The van der Waals surface area contributed by atoms with Crippen molar-refractivity contribution in [2.45, 2.75) is 70.5 Å². The molecule has 4 aliphatic heterocycles. The Morgan fingerprint density at radius 1 is 0.780 bits per heavy atom. The van der Waals surface area contributed by atoms with Crippen LogP contribution in [0.15, 0.2) is 58.5 Å². The molecule has 0 amide bonds. The standard InChI is InChI=1S/C11H19BO3.C11H11FN2O3.C11H15FN2O.C6H6BrFN2O2/c1-10(2)11(3,4)15-12(14-10)9-5-7-13-8-6-9;12-10-8(7-3-5-17-6-4-7)1-2-9(13)11(10)14(15)16;12-10-8(1-2-9(13)11(10)14)7-3-5-15-6-4-7;7-3-1-2-4(9)6(5(3)8)10(11)12/h5H,6-8H2,1-4H3;1-3H,4-6,13H2;1-2,7H,3-6,13-14H2;1-2,11-12H,9H2/p+1. The van der Waals surface area contributed by atoms with Gasteiger partial charge in [-0.3, -0.25) is 10.1 Å². The summed E-state index contributed by atoms with van der Waals surface area (Å²) >= 11 is 2.88. The van der Waals surface area contributed by atoms with Gasteiger partial charge in [0.25, 0.3) is 5.69 Å². The van der Waals surface area contributed by atoms with Crippen molar-refractivity contribution < 1.29 is 57.3 Å². The fourth-order valence-corrected chi connectivity index (χ4v) is 6.61. The highest BCUT2D eigenvalue weighted by molar-refractivity contribution is 9.10. The summed E-state index contributed by atoms with van der Waals surface area (Å²) in [6.45, 7) is 12.0. The Labute approximate surface area is 349 Å². The van der Waals surface area contributed by atoms with Crippen LogP contribution in [0.1, 0.15) is 70.4 Å². The van der Waals surface area contributed by atoms with E-state index in [1.807, 2.05) is 0 Å². The Bertz CT molecular complexity index is 2000. The van der Waals surface area contributed by atoms with Crippen LogP contribution in [0.2, 0.25) is 0 Å². The van der Waals surface area contributed by atoms with Crippen molar-refractivity contribution in [1.29, 1.82) is 0 Å². The number of nitro groups is 1. The molecule has 2 saturated heterocycles. The first-order valence-corrected chi connectivity index (χ1v) is 19.6. The fraction of sp³-hybridized carbons (Fsp3) is 0.436. The molecular weight excluding hydrogens is 844 g/mol. The van der Waals surface area contributed by atoms with E-state index in [0.717, 1.165) is 31.4 Å². The van der Waals surface area contributed by atoms with E-state index < -0.39 is 27.5 Å². The molecule has 0 atom stereocenters. The number of rotatable bonds is 5. The third-order valence-corrected chi connectivity index (χ3v) is 11.1. The maximum atomic E-state index is 14.0. The zero-order valence-corrected chi connectivity index (χ0v) is 35.0. The second-order valence-electron chi connectivity index (χ2n) is 14.9. The summed E-state index contributed by atoms with van der Waals surface area (Å²) in [4.78, 5) is 9.92. The Morgan fingerprint density at radius 3 is 1.88 bits per heavy atom. The number of quaternary nitrogens is 1. The number of anilines is 4. The third-order valence-electron chi connectivity index (χ3n) is 10.4. The molecule has 15 nitrogen and oxygen atoms in total. The van der Waals surface area contributed by atoms with Gasteiger partial charge < -0.3 is 46.5 Å². The lowest BCUT2D eigenvalue weighted by molar-refractivity contribution is -1.19. The first-order chi connectivity index (χ1) is 27.8. The number of nitrogen functional groups attached to an aromatic ring is 4. The van der Waals surface area contributed by atoms with Crippen LogP contribution in [0.5, 0.6) is 0 Å². The van der Waals surface area contributed by atoms with Crippen LogP contribution in [0, 0.1) is 27.6 Å². The van der Waals surface area contributed by atoms with Crippen LogP contribution < -0.4 is 28.2 Å². The Hall–Kier alpha value is -4.25. The molecule has 59 heavy (non-hydrogen) atoms. The smallest absolute Gasteiger partial charge is 0.400 e. The molecule has 4 aliphatic rings. The van der Waals surface area contributed by atoms with E-state index in [9.17, 15) is 23.3 Å². The molecule has 0 radical (unpaired) electrons. The van der Waals surface area contributed by atoms with Gasteiger partial charge in [-0.15, -0.1) is 0 Å². The number of hydrogen-bond acceptors (Lipinski definition) is 13. The van der Waals surface area contributed by atoms with Gasteiger partial charge in [-0.2, -0.15) is 19.2 Å². The molecule has 0 saturated carbocycles. The number of benzene rings is 3. The number of hydrogen-bond donors (Lipinski definition) is 7. The van der Waals surface area contributed by atoms with Crippen molar-refractivity contribution in [3.05, 3.63) is 97.2 Å². The SMILES string of the molecule is CC1(C)OB(C2=CCOCC2)OC1(C)C.Nc1ccc(Br)c(F)c1[NH+](O)O.Nc1ccc(C2=CCOCC2)c(F)c1[N+](=O)[O-].Nc1ccc(C2CCOCC2)c(F)c1N. The molecule has 0 unspecified atom stereocenters. The molecule has 0 aromatic heterocycles. The zero-order valence-electron chi connectivity index (χ0n) is 33.4. The summed E-state index contributed by atoms with van der Waals surface area (Å²) in [5.74, 6) is -1.80. The van der Waals surface area contributed by atoms with Gasteiger partial charge in [0.2, 0.25) is 11.6 Å². The van der Waals surface area contributed by atoms with Gasteiger partial charge >= 0.3 is 12.8 Å². The Morgan fingerprint density at radius 2 is 1.36 bits per heavy atom. The Kier molecular flexibility index (Phi) is 16.7. The molecule has 0 spiro atoms. The van der Waals surface area contributed by atoms with Crippen LogP contribution >= 0.6 is 15.9 Å². The normalized spacial score (nSPS) is 18.6. The summed E-state index contributed by atoms with van der Waals surface area (Å²) < 4.78 is 68.5. The molecule has 20 heteroatoms. The van der Waals surface area contributed by atoms with E-state index in [0.29, 0.717) is 50.7 Å². The highest BCUT2D eigenvalue weighted by Crippen LogP contribution is 2.39. The number of nitrogens with one attached hydrogen (secondary N) is 1. The lowest BCUT2D eigenvalue weighted by Gasteiger charge is -2.32. The highest BCUT2D eigenvalue weighted by atomic mass is 79.9. The van der Waals surface area contributed by atoms with E-state index in [1.54, 1.807) is 18.2 Å². The minimum atomic E-state index is -1.12. The predicted octanol–water partition coefficient (Wildman–Crippen LogP) is 6.43. The fourth-order valence-electron chi connectivity index (χ4n) is 6.28. The van der Waals surface area contributed by atoms with Gasteiger partial charge in [0.05, 0.1) is 58.4 Å². The average molecular weight is 897 g/mol. The van der Waals surface area contributed by atoms with Crippen molar-refractivity contribution in [3.8, 4) is 0 Å². The summed E-state index contributed by atoms with van der Waals surface area (Å²) in [5, 5.41) is 26.9. The van der Waals surface area contributed by atoms with Gasteiger partial charge in [0.15, 0.2) is 5.82 Å². The van der Waals surface area contributed by atoms with E-state index in [2.05, 4.69) is 49.7 Å². The lowest BCUT2D eigenvalue weighted by Crippen LogP contribution is -3.02. The predicted molar refractivity (Wildman–Crippen MR) is 221 cm³/mol.